The molecule has 0 aliphatic carbocycles. The van der Waals surface area contributed by atoms with Crippen LogP contribution in [0.5, 0.6) is 0 Å². The zero-order chi connectivity index (χ0) is 7.33. The predicted molar refractivity (Wildman–Crippen MR) is 30.3 cm³/mol. The maximum Gasteiger partial charge on any atom is 0.389 e. The van der Waals surface area contributed by atoms with Gasteiger partial charge in [0.2, 0.25) is 0 Å². The SMILES string of the molecule is FC(F)(F)CC/C=C\Cl. The maximum atomic E-state index is 11.3. The van der Waals surface area contributed by atoms with Gasteiger partial charge in [-0.1, -0.05) is 17.7 Å². The minimum absolute atomic E-state index is 0.0347. The second-order valence-electron chi connectivity index (χ2n) is 1.52. The number of halogens is 4. The lowest BCUT2D eigenvalue weighted by Crippen LogP contribution is -2.05. The lowest BCUT2D eigenvalue weighted by atomic mass is 10.3. The van der Waals surface area contributed by atoms with E-state index in [2.05, 4.69) is 0 Å². The van der Waals surface area contributed by atoms with E-state index < -0.39 is 12.6 Å². The van der Waals surface area contributed by atoms with Crippen LogP contribution in [-0.2, 0) is 0 Å². The molecule has 4 heteroatoms. The number of alkyl halides is 3. The van der Waals surface area contributed by atoms with Crippen molar-refractivity contribution in [3.63, 3.8) is 0 Å². The molecular weight excluding hydrogens is 153 g/mol. The second kappa shape index (κ2) is 3.77. The van der Waals surface area contributed by atoms with Gasteiger partial charge in [-0.15, -0.1) is 0 Å². The zero-order valence-corrected chi connectivity index (χ0v) is 5.34. The van der Waals surface area contributed by atoms with Gasteiger partial charge in [0.25, 0.3) is 0 Å². The van der Waals surface area contributed by atoms with Crippen LogP contribution in [0.25, 0.3) is 0 Å². The van der Waals surface area contributed by atoms with Crippen LogP contribution in [0.15, 0.2) is 11.6 Å². The van der Waals surface area contributed by atoms with E-state index in [0.29, 0.717) is 0 Å². The van der Waals surface area contributed by atoms with E-state index in [9.17, 15) is 13.2 Å². The van der Waals surface area contributed by atoms with Gasteiger partial charge in [-0.05, 0) is 6.42 Å². The molecule has 0 rings (SSSR count). The van der Waals surface area contributed by atoms with Gasteiger partial charge in [0, 0.05) is 12.0 Å². The van der Waals surface area contributed by atoms with Gasteiger partial charge in [0.15, 0.2) is 0 Å². The van der Waals surface area contributed by atoms with Crippen LogP contribution in [0.3, 0.4) is 0 Å². The van der Waals surface area contributed by atoms with Gasteiger partial charge < -0.3 is 0 Å². The minimum atomic E-state index is -4.06. The molecule has 0 aromatic rings. The number of hydrogen-bond donors (Lipinski definition) is 0. The summed E-state index contributed by atoms with van der Waals surface area (Å²) in [6.07, 6.45) is -3.62. The van der Waals surface area contributed by atoms with E-state index in [4.69, 9.17) is 11.6 Å². The molecule has 0 amide bonds. The molecule has 0 aliphatic rings. The predicted octanol–water partition coefficient (Wildman–Crippen LogP) is 3.08. The summed E-state index contributed by atoms with van der Waals surface area (Å²) in [5, 5.41) is 0. The van der Waals surface area contributed by atoms with Crippen LogP contribution < -0.4 is 0 Å². The number of rotatable bonds is 2. The smallest absolute Gasteiger partial charge is 0.171 e. The highest BCUT2D eigenvalue weighted by atomic mass is 35.5. The first-order valence-electron chi connectivity index (χ1n) is 2.38. The van der Waals surface area contributed by atoms with Crippen LogP contribution in [0.4, 0.5) is 13.2 Å². The fourth-order valence-electron chi connectivity index (χ4n) is 0.310. The van der Waals surface area contributed by atoms with Crippen molar-refractivity contribution < 1.29 is 13.2 Å². The summed E-state index contributed by atoms with van der Waals surface area (Å²) in [5.74, 6) is 0. The standard InChI is InChI=1S/C5H6ClF3/c6-4-2-1-3-5(7,8)9/h2,4H,1,3H2/b4-2-. The minimum Gasteiger partial charge on any atom is -0.171 e. The molecular formula is C5H6ClF3. The van der Waals surface area contributed by atoms with Crippen LogP contribution >= 0.6 is 11.6 Å². The molecule has 0 heterocycles. The fourth-order valence-corrected chi connectivity index (χ4v) is 0.436. The molecule has 0 atom stereocenters. The lowest BCUT2D eigenvalue weighted by Gasteiger charge is -2.00. The van der Waals surface area contributed by atoms with E-state index in [-0.39, 0.29) is 6.42 Å². The third-order valence-corrected chi connectivity index (χ3v) is 0.862. The molecule has 0 fully saturated rings. The average molecular weight is 159 g/mol. The fraction of sp³-hybridized carbons (Fsp3) is 0.600. The molecule has 54 valence electrons. The molecule has 0 saturated carbocycles. The van der Waals surface area contributed by atoms with E-state index in [1.165, 1.54) is 6.08 Å². The van der Waals surface area contributed by atoms with Crippen molar-refractivity contribution in [2.24, 2.45) is 0 Å². The Morgan fingerprint density at radius 3 is 2.22 bits per heavy atom. The highest BCUT2D eigenvalue weighted by Gasteiger charge is 2.25. The molecule has 0 spiro atoms. The molecule has 0 unspecified atom stereocenters. The van der Waals surface area contributed by atoms with E-state index in [0.717, 1.165) is 5.54 Å². The Balaban J connectivity index is 3.28. The van der Waals surface area contributed by atoms with Gasteiger partial charge in [-0.2, -0.15) is 13.2 Å². The van der Waals surface area contributed by atoms with E-state index in [1.54, 1.807) is 0 Å². The molecule has 0 N–H and O–H groups in total. The maximum absolute atomic E-state index is 11.3. The summed E-state index contributed by atoms with van der Waals surface area (Å²) >= 11 is 4.98. The van der Waals surface area contributed by atoms with E-state index in [1.807, 2.05) is 0 Å². The molecule has 0 saturated heterocycles. The molecule has 0 aliphatic heterocycles. The van der Waals surface area contributed by atoms with Crippen LogP contribution in [0.1, 0.15) is 12.8 Å². The summed E-state index contributed by atoms with van der Waals surface area (Å²) in [5.41, 5.74) is 1.09. The number of hydrogen-bond acceptors (Lipinski definition) is 0. The Morgan fingerprint density at radius 2 is 1.89 bits per heavy atom. The summed E-state index contributed by atoms with van der Waals surface area (Å²) in [7, 11) is 0. The van der Waals surface area contributed by atoms with Crippen LogP contribution in [0.2, 0.25) is 0 Å². The first-order chi connectivity index (χ1) is 4.06. The monoisotopic (exact) mass is 158 g/mol. The second-order valence-corrected chi connectivity index (χ2v) is 1.77. The summed E-state index contributed by atoms with van der Waals surface area (Å²) in [6.45, 7) is 0. The lowest BCUT2D eigenvalue weighted by molar-refractivity contribution is -0.133. The third-order valence-electron chi connectivity index (χ3n) is 0.684. The largest absolute Gasteiger partial charge is 0.389 e. The van der Waals surface area contributed by atoms with Crippen molar-refractivity contribution in [2.75, 3.05) is 0 Å². The van der Waals surface area contributed by atoms with E-state index >= 15 is 0 Å². The Hall–Kier alpha value is -0.180. The Bertz CT molecular complexity index is 94.9. The van der Waals surface area contributed by atoms with Crippen molar-refractivity contribution in [1.82, 2.24) is 0 Å². The molecule has 0 aromatic heterocycles. The average Bonchev–Trinajstić information content (AvgIpc) is 1.63. The zero-order valence-electron chi connectivity index (χ0n) is 4.58. The molecule has 0 nitrogen and oxygen atoms in total. The highest BCUT2D eigenvalue weighted by Crippen LogP contribution is 2.21. The van der Waals surface area contributed by atoms with Gasteiger partial charge in [0.1, 0.15) is 0 Å². The highest BCUT2D eigenvalue weighted by molar-refractivity contribution is 6.25. The van der Waals surface area contributed by atoms with Crippen LogP contribution in [-0.4, -0.2) is 6.18 Å². The summed E-state index contributed by atoms with van der Waals surface area (Å²) in [4.78, 5) is 0. The topological polar surface area (TPSA) is 0 Å². The summed E-state index contributed by atoms with van der Waals surface area (Å²) in [6, 6.07) is 0. The molecule has 9 heavy (non-hydrogen) atoms. The third kappa shape index (κ3) is 7.82. The number of allylic oxidation sites excluding steroid dienone is 1. The first kappa shape index (κ1) is 8.82. The molecule has 0 radical (unpaired) electrons. The van der Waals surface area contributed by atoms with Crippen molar-refractivity contribution in [2.45, 2.75) is 19.0 Å². The first-order valence-corrected chi connectivity index (χ1v) is 2.82. The molecule has 0 aromatic carbocycles. The van der Waals surface area contributed by atoms with Crippen molar-refractivity contribution in [3.05, 3.63) is 11.6 Å². The van der Waals surface area contributed by atoms with Gasteiger partial charge in [-0.3, -0.25) is 0 Å². The van der Waals surface area contributed by atoms with Crippen molar-refractivity contribution in [1.29, 1.82) is 0 Å². The van der Waals surface area contributed by atoms with Crippen LogP contribution in [0, 0.1) is 0 Å². The van der Waals surface area contributed by atoms with Gasteiger partial charge in [-0.25, -0.2) is 0 Å². The van der Waals surface area contributed by atoms with Gasteiger partial charge >= 0.3 is 6.18 Å². The molecule has 0 bridgehead atoms. The van der Waals surface area contributed by atoms with Crippen molar-refractivity contribution >= 4 is 11.6 Å². The quantitative estimate of drug-likeness (QED) is 0.579. The Labute approximate surface area is 56.3 Å². The van der Waals surface area contributed by atoms with Gasteiger partial charge in [0.05, 0.1) is 0 Å². The Morgan fingerprint density at radius 1 is 1.33 bits per heavy atom. The normalized spacial score (nSPS) is 12.9. The summed E-state index contributed by atoms with van der Waals surface area (Å²) < 4.78 is 33.9. The Kier molecular flexibility index (Phi) is 3.70. The van der Waals surface area contributed by atoms with Crippen molar-refractivity contribution in [3.8, 4) is 0 Å².